The first kappa shape index (κ1) is 96.1. The monoisotopic (exact) mass is 2610 g/mol. The van der Waals surface area contributed by atoms with Gasteiger partial charge in [0.1, 0.15) is 0 Å². The van der Waals surface area contributed by atoms with E-state index in [9.17, 15) is 0 Å². The molecule has 0 N–H and O–H groups in total. The number of hydrogen-bond acceptors (Lipinski definition) is 5. The van der Waals surface area contributed by atoms with Crippen LogP contribution in [0.3, 0.4) is 0 Å². The van der Waals surface area contributed by atoms with Crippen molar-refractivity contribution in [3.05, 3.63) is 348 Å². The van der Waals surface area contributed by atoms with Crippen LogP contribution in [0.1, 0.15) is 260 Å². The molecule has 10 heteroatoms. The fourth-order valence-corrected chi connectivity index (χ4v) is 23.3. The summed E-state index contributed by atoms with van der Waals surface area (Å²) in [6.07, 6.45) is 61.9. The van der Waals surface area contributed by atoms with Crippen LogP contribution in [-0.4, -0.2) is 24.9 Å². The first-order chi connectivity index (χ1) is 62.0. The summed E-state index contributed by atoms with van der Waals surface area (Å²) in [5.41, 5.74) is 42.7. The molecule has 10 aliphatic carbocycles. The smallest absolute Gasteiger partial charge is 0.0199 e. The molecule has 0 atom stereocenters. The summed E-state index contributed by atoms with van der Waals surface area (Å²) in [6.45, 7) is 9.31. The molecule has 10 aromatic carbocycles. The van der Waals surface area contributed by atoms with Crippen molar-refractivity contribution in [3.8, 4) is 56.3 Å². The zero-order valence-corrected chi connectivity index (χ0v) is 88.5. The van der Waals surface area contributed by atoms with Gasteiger partial charge in [0.05, 0.1) is 0 Å². The molecule has 0 aliphatic heterocycles. The second-order valence-electron chi connectivity index (χ2n) is 38.7. The van der Waals surface area contributed by atoms with Gasteiger partial charge in [-0.1, -0.05) is 201 Å². The number of fused-ring (bicyclic) bond motifs is 10. The Morgan fingerprint density at radius 2 is 0.649 bits per heavy atom. The number of nitrogens with zero attached hydrogens (tertiary/aromatic N) is 5. The Balaban J connectivity index is 0.000000119. The first-order valence-corrected chi connectivity index (χ1v) is 48.6. The van der Waals surface area contributed by atoms with E-state index in [4.69, 9.17) is 24.9 Å². The number of rotatable bonds is 8. The van der Waals surface area contributed by atoms with Gasteiger partial charge in [0, 0.05) is 132 Å². The molecule has 5 aromatic heterocycles. The third-order valence-corrected chi connectivity index (χ3v) is 30.1. The largest absolute Gasteiger partial charge is 0.304 e. The van der Waals surface area contributed by atoms with Gasteiger partial charge in [0.2, 0.25) is 0 Å². The molecule has 0 spiro atoms. The summed E-state index contributed by atoms with van der Waals surface area (Å²) in [7, 11) is 0. The van der Waals surface area contributed by atoms with E-state index < -0.39 is 0 Å². The van der Waals surface area contributed by atoms with Crippen LogP contribution in [0.25, 0.3) is 110 Å². The molecule has 0 saturated heterocycles. The Kier molecular flexibility index (Phi) is 31.8. The second-order valence-corrected chi connectivity index (χ2v) is 38.7. The Hall–Kier alpha value is -8.02. The normalized spacial score (nSPS) is 15.8. The molecule has 0 fully saturated rings. The van der Waals surface area contributed by atoms with Crippen LogP contribution >= 0.6 is 0 Å². The Morgan fingerprint density at radius 1 is 0.298 bits per heavy atom. The van der Waals surface area contributed by atoms with Gasteiger partial charge < -0.3 is 24.9 Å². The second kappa shape index (κ2) is 43.3. The van der Waals surface area contributed by atoms with Crippen molar-refractivity contribution in [2.24, 2.45) is 0 Å². The van der Waals surface area contributed by atoms with Gasteiger partial charge in [0.25, 0.3) is 0 Å². The Labute approximate surface area is 845 Å². The van der Waals surface area contributed by atoms with Gasteiger partial charge >= 0.3 is 0 Å². The predicted molar refractivity (Wildman–Crippen MR) is 524 cm³/mol. The maximum atomic E-state index is 4.90. The van der Waals surface area contributed by atoms with Crippen LogP contribution in [0, 0.1) is 30.3 Å². The van der Waals surface area contributed by atoms with Gasteiger partial charge in [-0.3, -0.25) is 0 Å². The zero-order chi connectivity index (χ0) is 84.6. The molecule has 0 unspecified atom stereocenters. The quantitative estimate of drug-likeness (QED) is 0.142. The van der Waals surface area contributed by atoms with Crippen molar-refractivity contribution < 1.29 is 101 Å². The molecule has 5 nitrogen and oxygen atoms in total. The van der Waals surface area contributed by atoms with Crippen molar-refractivity contribution in [3.63, 3.8) is 0 Å². The standard InChI is InChI=1S/C31H34N.2C23H22N.2C22H20N.5Ir/c1-21(2)27-20-25(14-15-29(27)31(3,4)26-12-6-5-7-13-26)30-28-19-23-11-9-8-10-22(23)18-24(28)16-17-32-30;1-2-8-18-15-22-19(14-17(18)7-1)12-13-24-23(22)21-11-5-9-16-6-3-4-10-20(16)21;1-2-6-17-14-21(10-9-16(17)5-1)23-22-15-19-8-4-3-7-18(19)13-20(22)11-12-24-23;1-2-11-18-15(6-1)7-4-12-19(18)22-20-13-5-9-16-8-3-10-17(14-23-22)21(16)20;1-2-6-17-13-18(12-11-15(17)5-1)22-20-10-4-8-16-7-3-9-19(14-23-22)21(16)20;;;;;/h6,12-13,15-21H,5,7-11H2,1-4H3;5,9,12-15H,1-4,6-8,10H2;9,11-15H,1-8H2;4-5,7,9,13-14H,1-3,6,8,10-11H2;4,8,10-11,13-14H,1-3,5-7,9H2;;;;;/q5*-1;;;;;. The number of allylic oxidation sites excluding steroid dienone is 4. The number of aromatic nitrogens is 5. The minimum atomic E-state index is -0.0309. The van der Waals surface area contributed by atoms with Crippen LogP contribution in [0.4, 0.5) is 0 Å². The summed E-state index contributed by atoms with van der Waals surface area (Å²) < 4.78 is 0. The van der Waals surface area contributed by atoms with E-state index in [-0.39, 0.29) is 106 Å². The molecule has 0 saturated carbocycles. The summed E-state index contributed by atoms with van der Waals surface area (Å²) in [6, 6.07) is 74.5. The molecule has 25 rings (SSSR count). The van der Waals surface area contributed by atoms with E-state index in [0.717, 1.165) is 65.3 Å². The van der Waals surface area contributed by atoms with E-state index in [0.29, 0.717) is 5.92 Å². The summed E-state index contributed by atoms with van der Waals surface area (Å²) in [4.78, 5) is 24.1. The molecular weight excluding hydrogens is 2480 g/mol. The fraction of sp³-hybridized carbons (Fsp3) is 0.347. The molecule has 131 heavy (non-hydrogen) atoms. The van der Waals surface area contributed by atoms with Crippen LogP contribution < -0.4 is 0 Å². The molecule has 15 aromatic rings. The molecule has 677 valence electrons. The minimum absolute atomic E-state index is 0. The van der Waals surface area contributed by atoms with Crippen LogP contribution in [0.15, 0.2) is 206 Å². The van der Waals surface area contributed by atoms with Crippen LogP contribution in [0.2, 0.25) is 0 Å². The minimum Gasteiger partial charge on any atom is -0.304 e. The topological polar surface area (TPSA) is 64.5 Å². The Morgan fingerprint density at radius 3 is 1.09 bits per heavy atom. The SMILES string of the molecule is CC(C)c1cc(-c2nccc3cc4c(cc23)CCCC4)[c-]cc1C(C)(C)C1=CCCC=C1.[Ir].[Ir].[Ir].[Ir].[Ir].[c-]1cc2c(cc1-c1ncc3c4c(cccc14)CCC3)CCCC2.[c-]1cc2c(cc1-c1nccc3cc4c(cc13)CCCC4)CCCC2.[c-]1ccc2c(c1-c1ncc3c4c(cccc14)CCC3)CCCC2.[c-]1ccc2c(c1-c1nccc3cc4c(cc13)CCCC4)CCCC2. The molecule has 0 bridgehead atoms. The zero-order valence-electron chi connectivity index (χ0n) is 76.5. The van der Waals surface area contributed by atoms with Gasteiger partial charge in [-0.05, 0) is 322 Å². The van der Waals surface area contributed by atoms with Crippen molar-refractivity contribution in [2.75, 3.05) is 0 Å². The van der Waals surface area contributed by atoms with Crippen molar-refractivity contribution >= 4 is 53.9 Å². The van der Waals surface area contributed by atoms with E-state index in [1.54, 1.807) is 11.1 Å². The van der Waals surface area contributed by atoms with Gasteiger partial charge in [-0.25, -0.2) is 0 Å². The van der Waals surface area contributed by atoms with E-state index in [2.05, 4.69) is 240 Å². The molecule has 5 radical (unpaired) electrons. The van der Waals surface area contributed by atoms with Crippen molar-refractivity contribution in [1.29, 1.82) is 0 Å². The third kappa shape index (κ3) is 20.0. The number of benzene rings is 10. The summed E-state index contributed by atoms with van der Waals surface area (Å²) in [5.74, 6) is 0.438. The summed E-state index contributed by atoms with van der Waals surface area (Å²) >= 11 is 0. The summed E-state index contributed by atoms with van der Waals surface area (Å²) in [5, 5.41) is 13.4. The van der Waals surface area contributed by atoms with E-state index >= 15 is 0 Å². The average Bonchev–Trinajstić information content (AvgIpc) is 0.806. The maximum absolute atomic E-state index is 4.90. The van der Waals surface area contributed by atoms with Crippen molar-refractivity contribution in [1.82, 2.24) is 24.9 Å². The molecular formula is C121H118Ir5N5-5. The first-order valence-electron chi connectivity index (χ1n) is 48.6. The van der Waals surface area contributed by atoms with Gasteiger partial charge in [-0.2, -0.15) is 0 Å². The number of aryl methyl sites for hydroxylation is 16. The predicted octanol–water partition coefficient (Wildman–Crippen LogP) is 29.3. The van der Waals surface area contributed by atoms with Crippen LogP contribution in [-0.2, 0) is 222 Å². The van der Waals surface area contributed by atoms with Gasteiger partial charge in [-0.15, -0.1) is 174 Å². The average molecular weight is 2600 g/mol. The molecule has 0 amide bonds. The fourth-order valence-electron chi connectivity index (χ4n) is 23.3. The van der Waals surface area contributed by atoms with Crippen LogP contribution in [0.5, 0.6) is 0 Å². The number of hydrogen-bond donors (Lipinski definition) is 0. The van der Waals surface area contributed by atoms with Crippen molar-refractivity contribution in [2.45, 2.75) is 270 Å². The van der Waals surface area contributed by atoms with E-state index in [1.165, 1.54) is 382 Å². The molecule has 5 heterocycles. The van der Waals surface area contributed by atoms with E-state index in [1.807, 2.05) is 18.6 Å². The Bertz CT molecular complexity index is 6760. The number of pyridine rings is 5. The third-order valence-electron chi connectivity index (χ3n) is 30.1. The van der Waals surface area contributed by atoms with Gasteiger partial charge in [0.15, 0.2) is 0 Å². The molecule has 10 aliphatic rings. The maximum Gasteiger partial charge on any atom is 0.0199 e.